The quantitative estimate of drug-likeness (QED) is 0.774. The maximum absolute atomic E-state index is 9.29. The van der Waals surface area contributed by atoms with Crippen molar-refractivity contribution in [3.63, 3.8) is 0 Å². The fraction of sp³-hybridized carbons (Fsp3) is 1.00. The van der Waals surface area contributed by atoms with Crippen LogP contribution in [0.3, 0.4) is 0 Å². The smallest absolute Gasteiger partial charge is 0.0586 e. The van der Waals surface area contributed by atoms with Crippen LogP contribution >= 0.6 is 0 Å². The Morgan fingerprint density at radius 2 is 1.93 bits per heavy atom. The normalized spacial score (nSPS) is 38.4. The number of hydrogen-bond acceptors (Lipinski definition) is 2. The second-order valence-electron chi connectivity index (χ2n) is 5.50. The van der Waals surface area contributed by atoms with Crippen LogP contribution in [0.4, 0.5) is 0 Å². The van der Waals surface area contributed by atoms with E-state index in [1.807, 2.05) is 0 Å². The van der Waals surface area contributed by atoms with Gasteiger partial charge in [-0.05, 0) is 37.6 Å². The van der Waals surface area contributed by atoms with E-state index in [2.05, 4.69) is 11.8 Å². The fourth-order valence-electron chi connectivity index (χ4n) is 3.31. The van der Waals surface area contributed by atoms with Gasteiger partial charge in [0.15, 0.2) is 0 Å². The highest BCUT2D eigenvalue weighted by atomic mass is 16.3. The molecule has 1 aliphatic heterocycles. The molecule has 0 aromatic heterocycles. The Balaban J connectivity index is 1.84. The molecule has 0 radical (unpaired) electrons. The first-order chi connectivity index (χ1) is 7.31. The number of rotatable bonds is 3. The molecular formula is C13H25NO. The summed E-state index contributed by atoms with van der Waals surface area (Å²) in [5.74, 6) is 1.80. The van der Waals surface area contributed by atoms with E-state index >= 15 is 0 Å². The number of likely N-dealkylation sites (tertiary alicyclic amines) is 1. The van der Waals surface area contributed by atoms with E-state index in [0.29, 0.717) is 12.6 Å². The van der Waals surface area contributed by atoms with Gasteiger partial charge in [0.2, 0.25) is 0 Å². The van der Waals surface area contributed by atoms with Crippen LogP contribution in [0.2, 0.25) is 0 Å². The topological polar surface area (TPSA) is 23.5 Å². The lowest BCUT2D eigenvalue weighted by molar-refractivity contribution is 0.113. The van der Waals surface area contributed by atoms with Gasteiger partial charge in [-0.1, -0.05) is 26.2 Å². The van der Waals surface area contributed by atoms with Crippen molar-refractivity contribution >= 4 is 0 Å². The van der Waals surface area contributed by atoms with Gasteiger partial charge in [-0.15, -0.1) is 0 Å². The Kier molecular flexibility index (Phi) is 4.04. The average Bonchev–Trinajstić information content (AvgIpc) is 2.69. The summed E-state index contributed by atoms with van der Waals surface area (Å²) in [6.45, 7) is 5.23. The van der Waals surface area contributed by atoms with Gasteiger partial charge >= 0.3 is 0 Å². The lowest BCUT2D eigenvalue weighted by Gasteiger charge is -2.34. The summed E-state index contributed by atoms with van der Waals surface area (Å²) in [5, 5.41) is 9.29. The van der Waals surface area contributed by atoms with E-state index in [0.717, 1.165) is 11.8 Å². The van der Waals surface area contributed by atoms with Crippen molar-refractivity contribution in [1.29, 1.82) is 0 Å². The first kappa shape index (κ1) is 11.4. The minimum Gasteiger partial charge on any atom is -0.395 e. The zero-order valence-corrected chi connectivity index (χ0v) is 9.99. The lowest BCUT2D eigenvalue weighted by Crippen LogP contribution is -2.38. The molecule has 0 spiro atoms. The highest BCUT2D eigenvalue weighted by Gasteiger charge is 2.29. The highest BCUT2D eigenvalue weighted by Crippen LogP contribution is 2.31. The van der Waals surface area contributed by atoms with Crippen molar-refractivity contribution in [2.24, 2.45) is 11.8 Å². The minimum absolute atomic E-state index is 0.362. The Bertz CT molecular complexity index is 195. The van der Waals surface area contributed by atoms with Crippen molar-refractivity contribution in [3.8, 4) is 0 Å². The van der Waals surface area contributed by atoms with E-state index in [1.165, 1.54) is 51.6 Å². The monoisotopic (exact) mass is 211 g/mol. The van der Waals surface area contributed by atoms with Gasteiger partial charge in [0.05, 0.1) is 6.61 Å². The molecule has 88 valence electrons. The standard InChI is InChI=1S/C13H25NO/c1-11-5-2-3-6-12(11)9-14-8-4-7-13(14)10-15/h11-13,15H,2-10H2,1H3/t11?,12?,13-/m1/s1. The molecule has 0 aromatic carbocycles. The number of hydrogen-bond donors (Lipinski definition) is 1. The predicted molar refractivity (Wildman–Crippen MR) is 62.8 cm³/mol. The second kappa shape index (κ2) is 5.31. The maximum atomic E-state index is 9.29. The zero-order chi connectivity index (χ0) is 10.7. The molecule has 2 heteroatoms. The van der Waals surface area contributed by atoms with E-state index in [1.54, 1.807) is 0 Å². The van der Waals surface area contributed by atoms with E-state index in [-0.39, 0.29) is 0 Å². The van der Waals surface area contributed by atoms with E-state index < -0.39 is 0 Å². The Morgan fingerprint density at radius 3 is 2.67 bits per heavy atom. The largest absolute Gasteiger partial charge is 0.395 e. The van der Waals surface area contributed by atoms with Crippen LogP contribution in [0.1, 0.15) is 45.4 Å². The lowest BCUT2D eigenvalue weighted by atomic mass is 9.80. The van der Waals surface area contributed by atoms with Crippen LogP contribution in [0.5, 0.6) is 0 Å². The Labute approximate surface area is 93.7 Å². The van der Waals surface area contributed by atoms with Gasteiger partial charge in [0.25, 0.3) is 0 Å². The van der Waals surface area contributed by atoms with Crippen LogP contribution < -0.4 is 0 Å². The zero-order valence-electron chi connectivity index (χ0n) is 9.99. The summed E-state index contributed by atoms with van der Waals surface area (Å²) in [4.78, 5) is 2.53. The fourth-order valence-corrected chi connectivity index (χ4v) is 3.31. The molecule has 15 heavy (non-hydrogen) atoms. The molecule has 2 unspecified atom stereocenters. The molecule has 2 nitrogen and oxygen atoms in total. The first-order valence-electron chi connectivity index (χ1n) is 6.66. The summed E-state index contributed by atoms with van der Waals surface area (Å²) < 4.78 is 0. The minimum atomic E-state index is 0.362. The van der Waals surface area contributed by atoms with Crippen LogP contribution in [-0.4, -0.2) is 35.7 Å². The Hall–Kier alpha value is -0.0800. The first-order valence-corrected chi connectivity index (χ1v) is 6.66. The molecule has 1 saturated carbocycles. The maximum Gasteiger partial charge on any atom is 0.0586 e. The van der Waals surface area contributed by atoms with Crippen molar-refractivity contribution in [2.75, 3.05) is 19.7 Å². The third-order valence-electron chi connectivity index (χ3n) is 4.47. The molecule has 0 amide bonds. The van der Waals surface area contributed by atoms with Gasteiger partial charge in [0.1, 0.15) is 0 Å². The van der Waals surface area contributed by atoms with Crippen LogP contribution in [0.15, 0.2) is 0 Å². The van der Waals surface area contributed by atoms with Crippen molar-refractivity contribution < 1.29 is 5.11 Å². The van der Waals surface area contributed by atoms with Gasteiger partial charge in [-0.3, -0.25) is 4.90 Å². The molecule has 2 aliphatic rings. The van der Waals surface area contributed by atoms with Crippen LogP contribution in [0, 0.1) is 11.8 Å². The third-order valence-corrected chi connectivity index (χ3v) is 4.47. The molecule has 1 heterocycles. The van der Waals surface area contributed by atoms with Gasteiger partial charge in [0, 0.05) is 12.6 Å². The van der Waals surface area contributed by atoms with Gasteiger partial charge in [-0.25, -0.2) is 0 Å². The van der Waals surface area contributed by atoms with Crippen molar-refractivity contribution in [2.45, 2.75) is 51.5 Å². The molecular weight excluding hydrogens is 186 g/mol. The molecule has 0 aromatic rings. The van der Waals surface area contributed by atoms with Crippen LogP contribution in [0.25, 0.3) is 0 Å². The molecule has 2 fully saturated rings. The number of nitrogens with zero attached hydrogens (tertiary/aromatic N) is 1. The van der Waals surface area contributed by atoms with Crippen molar-refractivity contribution in [1.82, 2.24) is 4.90 Å². The molecule has 3 atom stereocenters. The average molecular weight is 211 g/mol. The third kappa shape index (κ3) is 2.73. The Morgan fingerprint density at radius 1 is 1.13 bits per heavy atom. The summed E-state index contributed by atoms with van der Waals surface area (Å²) >= 11 is 0. The molecule has 0 bridgehead atoms. The van der Waals surface area contributed by atoms with Crippen molar-refractivity contribution in [3.05, 3.63) is 0 Å². The number of aliphatic hydroxyl groups excluding tert-OH is 1. The second-order valence-corrected chi connectivity index (χ2v) is 5.50. The molecule has 2 rings (SSSR count). The predicted octanol–water partition coefficient (Wildman–Crippen LogP) is 2.27. The van der Waals surface area contributed by atoms with E-state index in [9.17, 15) is 5.11 Å². The summed E-state index contributed by atoms with van der Waals surface area (Å²) in [7, 11) is 0. The van der Waals surface area contributed by atoms with Gasteiger partial charge in [-0.2, -0.15) is 0 Å². The van der Waals surface area contributed by atoms with Crippen LogP contribution in [-0.2, 0) is 0 Å². The van der Waals surface area contributed by atoms with E-state index in [4.69, 9.17) is 0 Å². The molecule has 1 N–H and O–H groups in total. The SMILES string of the molecule is CC1CCCCC1CN1CCC[C@@H]1CO. The summed E-state index contributed by atoms with van der Waals surface area (Å²) in [6.07, 6.45) is 8.18. The summed E-state index contributed by atoms with van der Waals surface area (Å²) in [5.41, 5.74) is 0. The molecule has 1 aliphatic carbocycles. The summed E-state index contributed by atoms with van der Waals surface area (Å²) in [6, 6.07) is 0.471. The molecule has 1 saturated heterocycles. The highest BCUT2D eigenvalue weighted by molar-refractivity contribution is 4.83. The number of aliphatic hydroxyl groups is 1. The van der Waals surface area contributed by atoms with Gasteiger partial charge < -0.3 is 5.11 Å².